The van der Waals surface area contributed by atoms with Crippen LogP contribution in [0.15, 0.2) is 60.7 Å². The SMILES string of the molecule is CCCCCCC(Oc1cc(C)c(-c2ccc(C(F)(F)F)cc2)c(C)c1)c1ccc(C(N)=O)cc1. The van der Waals surface area contributed by atoms with Crippen molar-refractivity contribution < 1.29 is 22.7 Å². The van der Waals surface area contributed by atoms with Gasteiger partial charge in [-0.25, -0.2) is 0 Å². The number of carbonyl (C=O) groups excluding carboxylic acids is 1. The van der Waals surface area contributed by atoms with E-state index in [-0.39, 0.29) is 6.10 Å². The molecule has 35 heavy (non-hydrogen) atoms. The van der Waals surface area contributed by atoms with E-state index in [9.17, 15) is 18.0 Å². The zero-order chi connectivity index (χ0) is 25.6. The van der Waals surface area contributed by atoms with E-state index in [2.05, 4.69) is 6.92 Å². The Bertz CT molecular complexity index is 1110. The molecule has 0 aliphatic rings. The van der Waals surface area contributed by atoms with Crippen molar-refractivity contribution in [3.8, 4) is 16.9 Å². The number of hydrogen-bond acceptors (Lipinski definition) is 2. The fourth-order valence-electron chi connectivity index (χ4n) is 4.35. The second-order valence-electron chi connectivity index (χ2n) is 8.95. The van der Waals surface area contributed by atoms with Gasteiger partial charge in [0.25, 0.3) is 0 Å². The first-order valence-electron chi connectivity index (χ1n) is 12.0. The minimum Gasteiger partial charge on any atom is -0.486 e. The largest absolute Gasteiger partial charge is 0.486 e. The summed E-state index contributed by atoms with van der Waals surface area (Å²) in [7, 11) is 0. The number of benzene rings is 3. The maximum absolute atomic E-state index is 12.9. The quantitative estimate of drug-likeness (QED) is 0.296. The molecular formula is C29H32F3NO2. The van der Waals surface area contributed by atoms with Crippen molar-refractivity contribution in [3.63, 3.8) is 0 Å². The lowest BCUT2D eigenvalue weighted by atomic mass is 9.94. The number of hydrogen-bond donors (Lipinski definition) is 1. The summed E-state index contributed by atoms with van der Waals surface area (Å²) in [5.74, 6) is 0.234. The Balaban J connectivity index is 1.86. The fourth-order valence-corrected chi connectivity index (χ4v) is 4.35. The Kier molecular flexibility index (Phi) is 8.60. The van der Waals surface area contributed by atoms with E-state index in [1.54, 1.807) is 12.1 Å². The topological polar surface area (TPSA) is 52.3 Å². The first-order valence-corrected chi connectivity index (χ1v) is 12.0. The molecule has 3 rings (SSSR count). The molecule has 1 unspecified atom stereocenters. The van der Waals surface area contributed by atoms with Crippen LogP contribution in [0.5, 0.6) is 5.75 Å². The van der Waals surface area contributed by atoms with Crippen LogP contribution in [0.4, 0.5) is 13.2 Å². The lowest BCUT2D eigenvalue weighted by Gasteiger charge is -2.22. The molecule has 0 saturated heterocycles. The molecule has 0 spiro atoms. The van der Waals surface area contributed by atoms with Crippen molar-refractivity contribution in [2.75, 3.05) is 0 Å². The number of aryl methyl sites for hydroxylation is 2. The number of rotatable bonds is 10. The van der Waals surface area contributed by atoms with E-state index < -0.39 is 17.6 Å². The van der Waals surface area contributed by atoms with E-state index in [1.807, 2.05) is 38.1 Å². The molecule has 0 aliphatic heterocycles. The molecule has 186 valence electrons. The minimum atomic E-state index is -4.36. The highest BCUT2D eigenvalue weighted by atomic mass is 19.4. The molecule has 0 aromatic heterocycles. The molecule has 1 atom stereocenters. The third kappa shape index (κ3) is 6.87. The highest BCUT2D eigenvalue weighted by molar-refractivity contribution is 5.92. The molecule has 0 heterocycles. The van der Waals surface area contributed by atoms with Gasteiger partial charge in [0, 0.05) is 5.56 Å². The first-order chi connectivity index (χ1) is 16.6. The number of nitrogens with two attached hydrogens (primary N) is 1. The Hall–Kier alpha value is -3.28. The van der Waals surface area contributed by atoms with Gasteiger partial charge < -0.3 is 10.5 Å². The summed E-state index contributed by atoms with van der Waals surface area (Å²) in [5.41, 5.74) is 9.61. The zero-order valence-corrected chi connectivity index (χ0v) is 20.4. The van der Waals surface area contributed by atoms with E-state index in [0.29, 0.717) is 11.3 Å². The third-order valence-electron chi connectivity index (χ3n) is 6.17. The summed E-state index contributed by atoms with van der Waals surface area (Å²) in [6, 6.07) is 16.3. The van der Waals surface area contributed by atoms with Gasteiger partial charge in [0.1, 0.15) is 11.9 Å². The van der Waals surface area contributed by atoms with Crippen LogP contribution in [0.2, 0.25) is 0 Å². The standard InChI is InChI=1S/C29H32F3NO2/c1-4-5-6-7-8-26(21-9-11-23(12-10-21)28(33)34)35-25-17-19(2)27(20(3)18-25)22-13-15-24(16-14-22)29(30,31)32/h9-18,26H,4-8H2,1-3H3,(H2,33,34). The predicted molar refractivity (Wildman–Crippen MR) is 133 cm³/mol. The van der Waals surface area contributed by atoms with Crippen molar-refractivity contribution in [1.82, 2.24) is 0 Å². The average Bonchev–Trinajstić information content (AvgIpc) is 2.80. The Labute approximate surface area is 205 Å². The highest BCUT2D eigenvalue weighted by Gasteiger charge is 2.30. The van der Waals surface area contributed by atoms with Crippen molar-refractivity contribution in [2.24, 2.45) is 5.73 Å². The van der Waals surface area contributed by atoms with Crippen LogP contribution >= 0.6 is 0 Å². The molecular weight excluding hydrogens is 451 g/mol. The van der Waals surface area contributed by atoms with Crippen LogP contribution in [0, 0.1) is 13.8 Å². The second-order valence-corrected chi connectivity index (χ2v) is 8.95. The monoisotopic (exact) mass is 483 g/mol. The first kappa shape index (κ1) is 26.3. The van der Waals surface area contributed by atoms with E-state index in [4.69, 9.17) is 10.5 Å². The number of primary amides is 1. The van der Waals surface area contributed by atoms with Gasteiger partial charge in [-0.1, -0.05) is 50.5 Å². The molecule has 3 nitrogen and oxygen atoms in total. The Morgan fingerprint density at radius 3 is 2.03 bits per heavy atom. The lowest BCUT2D eigenvalue weighted by molar-refractivity contribution is -0.137. The van der Waals surface area contributed by atoms with Crippen LogP contribution in [0.3, 0.4) is 0 Å². The van der Waals surface area contributed by atoms with Crippen LogP contribution in [0.1, 0.15) is 77.7 Å². The van der Waals surface area contributed by atoms with Gasteiger partial charge in [0.15, 0.2) is 0 Å². The third-order valence-corrected chi connectivity index (χ3v) is 6.17. The van der Waals surface area contributed by atoms with Crippen molar-refractivity contribution in [1.29, 1.82) is 0 Å². The molecule has 0 saturated carbocycles. The summed E-state index contributed by atoms with van der Waals surface area (Å²) < 4.78 is 45.3. The maximum atomic E-state index is 12.9. The molecule has 1 amide bonds. The number of carbonyl (C=O) groups is 1. The molecule has 0 radical (unpaired) electrons. The maximum Gasteiger partial charge on any atom is 0.416 e. The van der Waals surface area contributed by atoms with E-state index in [1.165, 1.54) is 12.1 Å². The van der Waals surface area contributed by atoms with Crippen LogP contribution in [-0.2, 0) is 6.18 Å². The van der Waals surface area contributed by atoms with E-state index in [0.717, 1.165) is 72.1 Å². The molecule has 3 aromatic rings. The molecule has 6 heteroatoms. The average molecular weight is 484 g/mol. The van der Waals surface area contributed by atoms with Gasteiger partial charge in [0.2, 0.25) is 5.91 Å². The number of halogens is 3. The molecule has 2 N–H and O–H groups in total. The summed E-state index contributed by atoms with van der Waals surface area (Å²) in [4.78, 5) is 11.4. The van der Waals surface area contributed by atoms with Crippen LogP contribution < -0.4 is 10.5 Å². The van der Waals surface area contributed by atoms with E-state index >= 15 is 0 Å². The van der Waals surface area contributed by atoms with Gasteiger partial charge >= 0.3 is 6.18 Å². The predicted octanol–water partition coefficient (Wildman–Crippen LogP) is 8.18. The smallest absolute Gasteiger partial charge is 0.416 e. The van der Waals surface area contributed by atoms with Crippen LogP contribution in [-0.4, -0.2) is 5.91 Å². The second kappa shape index (κ2) is 11.4. The van der Waals surface area contributed by atoms with Crippen LogP contribution in [0.25, 0.3) is 11.1 Å². The Morgan fingerprint density at radius 2 is 1.51 bits per heavy atom. The number of alkyl halides is 3. The number of unbranched alkanes of at least 4 members (excludes halogenated alkanes) is 3. The number of amides is 1. The Morgan fingerprint density at radius 1 is 0.914 bits per heavy atom. The van der Waals surface area contributed by atoms with Gasteiger partial charge in [-0.3, -0.25) is 4.79 Å². The van der Waals surface area contributed by atoms with Crippen molar-refractivity contribution >= 4 is 5.91 Å². The highest BCUT2D eigenvalue weighted by Crippen LogP contribution is 2.36. The number of ether oxygens (including phenoxy) is 1. The zero-order valence-electron chi connectivity index (χ0n) is 20.4. The van der Waals surface area contributed by atoms with Gasteiger partial charge in [0.05, 0.1) is 5.56 Å². The molecule has 0 aliphatic carbocycles. The normalized spacial score (nSPS) is 12.4. The van der Waals surface area contributed by atoms with Gasteiger partial charge in [-0.05, 0) is 90.9 Å². The summed E-state index contributed by atoms with van der Waals surface area (Å²) in [6.07, 6.45) is 0.704. The summed E-state index contributed by atoms with van der Waals surface area (Å²) >= 11 is 0. The van der Waals surface area contributed by atoms with Gasteiger partial charge in [-0.15, -0.1) is 0 Å². The molecule has 0 bridgehead atoms. The minimum absolute atomic E-state index is 0.190. The van der Waals surface area contributed by atoms with Crippen molar-refractivity contribution in [2.45, 2.75) is 65.2 Å². The lowest BCUT2D eigenvalue weighted by Crippen LogP contribution is -2.12. The fraction of sp³-hybridized carbons (Fsp3) is 0.345. The van der Waals surface area contributed by atoms with Crippen molar-refractivity contribution in [3.05, 3.63) is 88.5 Å². The molecule has 0 fully saturated rings. The molecule has 3 aromatic carbocycles. The van der Waals surface area contributed by atoms with Gasteiger partial charge in [-0.2, -0.15) is 13.2 Å². The summed E-state index contributed by atoms with van der Waals surface area (Å²) in [6.45, 7) is 6.04. The summed E-state index contributed by atoms with van der Waals surface area (Å²) in [5, 5.41) is 0.